The molecule has 0 bridgehead atoms. The quantitative estimate of drug-likeness (QED) is 0.804. The molecular weight excluding hydrogens is 250 g/mol. The first-order valence-corrected chi connectivity index (χ1v) is 7.24. The lowest BCUT2D eigenvalue weighted by Gasteiger charge is -2.26. The van der Waals surface area contributed by atoms with Crippen LogP contribution in [-0.4, -0.2) is 44.0 Å². The number of hydrogen-bond acceptors (Lipinski definition) is 3. The first-order chi connectivity index (χ1) is 9.45. The predicted octanol–water partition coefficient (Wildman–Crippen LogP) is 2.43. The normalized spacial score (nSPS) is 12.6. The van der Waals surface area contributed by atoms with E-state index >= 15 is 0 Å². The van der Waals surface area contributed by atoms with E-state index < -0.39 is 0 Å². The Balaban J connectivity index is 2.83. The summed E-state index contributed by atoms with van der Waals surface area (Å²) in [7, 11) is 4.04. The Bertz CT molecular complexity index is 429. The van der Waals surface area contributed by atoms with Crippen LogP contribution in [0.5, 0.6) is 0 Å². The molecule has 0 saturated heterocycles. The largest absolute Gasteiger partial charge is 0.385 e. The van der Waals surface area contributed by atoms with Crippen molar-refractivity contribution < 1.29 is 4.79 Å². The van der Waals surface area contributed by atoms with Gasteiger partial charge in [0.05, 0.1) is 5.56 Å². The monoisotopic (exact) mass is 277 g/mol. The molecule has 0 saturated carbocycles. The maximum absolute atomic E-state index is 12.5. The zero-order valence-corrected chi connectivity index (χ0v) is 13.2. The molecule has 1 aromatic rings. The Morgan fingerprint density at radius 3 is 2.45 bits per heavy atom. The molecule has 0 spiro atoms. The molecule has 0 aliphatic heterocycles. The number of nitrogens with zero attached hydrogens (tertiary/aromatic N) is 1. The van der Waals surface area contributed by atoms with E-state index in [2.05, 4.69) is 29.4 Å². The molecule has 1 amide bonds. The first kappa shape index (κ1) is 16.5. The molecule has 0 aliphatic rings. The number of hydrogen-bond donors (Lipinski definition) is 2. The minimum Gasteiger partial charge on any atom is -0.385 e. The van der Waals surface area contributed by atoms with Gasteiger partial charge in [-0.2, -0.15) is 0 Å². The number of benzene rings is 1. The fraction of sp³-hybridized carbons (Fsp3) is 0.562. The number of nitrogens with one attached hydrogen (secondary N) is 2. The van der Waals surface area contributed by atoms with Gasteiger partial charge in [-0.1, -0.05) is 26.0 Å². The zero-order chi connectivity index (χ0) is 15.1. The van der Waals surface area contributed by atoms with Crippen LogP contribution in [-0.2, 0) is 0 Å². The standard InChI is InChI=1S/C16H27N3O/c1-6-17-14-10-8-7-9-13(14)16(20)18-15(12(2)3)11-19(4)5/h7-10,12,15,17H,6,11H2,1-5H3,(H,18,20). The second-order valence-electron chi connectivity index (χ2n) is 5.66. The first-order valence-electron chi connectivity index (χ1n) is 7.24. The Hall–Kier alpha value is -1.55. The van der Waals surface area contributed by atoms with Gasteiger partial charge in [-0.15, -0.1) is 0 Å². The van der Waals surface area contributed by atoms with Crippen molar-refractivity contribution >= 4 is 11.6 Å². The Kier molecular flexibility index (Phi) is 6.52. The highest BCUT2D eigenvalue weighted by Gasteiger charge is 2.19. The molecule has 4 nitrogen and oxygen atoms in total. The van der Waals surface area contributed by atoms with Gasteiger partial charge in [0.25, 0.3) is 5.91 Å². The average Bonchev–Trinajstić information content (AvgIpc) is 2.38. The topological polar surface area (TPSA) is 44.4 Å². The number of carbonyl (C=O) groups is 1. The number of likely N-dealkylation sites (N-methyl/N-ethyl adjacent to an activating group) is 1. The lowest BCUT2D eigenvalue weighted by Crippen LogP contribution is -2.45. The summed E-state index contributed by atoms with van der Waals surface area (Å²) in [6.07, 6.45) is 0. The van der Waals surface area contributed by atoms with Gasteiger partial charge in [0, 0.05) is 24.8 Å². The number of amides is 1. The van der Waals surface area contributed by atoms with Gasteiger partial charge >= 0.3 is 0 Å². The van der Waals surface area contributed by atoms with Crippen molar-refractivity contribution in [3.8, 4) is 0 Å². The molecule has 20 heavy (non-hydrogen) atoms. The summed E-state index contributed by atoms with van der Waals surface area (Å²) in [5, 5.41) is 6.37. The third-order valence-corrected chi connectivity index (χ3v) is 3.22. The highest BCUT2D eigenvalue weighted by atomic mass is 16.1. The smallest absolute Gasteiger partial charge is 0.253 e. The highest BCUT2D eigenvalue weighted by Crippen LogP contribution is 2.15. The summed E-state index contributed by atoms with van der Waals surface area (Å²) < 4.78 is 0. The van der Waals surface area contributed by atoms with Crippen LogP contribution in [0.3, 0.4) is 0 Å². The number of carbonyl (C=O) groups excluding carboxylic acids is 1. The SMILES string of the molecule is CCNc1ccccc1C(=O)NC(CN(C)C)C(C)C. The van der Waals surface area contributed by atoms with Crippen LogP contribution in [0.2, 0.25) is 0 Å². The van der Waals surface area contributed by atoms with Gasteiger partial charge in [-0.25, -0.2) is 0 Å². The van der Waals surface area contributed by atoms with E-state index in [0.717, 1.165) is 18.8 Å². The van der Waals surface area contributed by atoms with E-state index in [1.165, 1.54) is 0 Å². The van der Waals surface area contributed by atoms with Crippen LogP contribution in [0.15, 0.2) is 24.3 Å². The van der Waals surface area contributed by atoms with Gasteiger partial charge in [-0.05, 0) is 39.1 Å². The van der Waals surface area contributed by atoms with E-state index in [4.69, 9.17) is 0 Å². The van der Waals surface area contributed by atoms with Crippen molar-refractivity contribution in [3.63, 3.8) is 0 Å². The second kappa shape index (κ2) is 7.90. The van der Waals surface area contributed by atoms with Crippen molar-refractivity contribution in [1.29, 1.82) is 0 Å². The molecule has 0 radical (unpaired) electrons. The predicted molar refractivity (Wildman–Crippen MR) is 85.3 cm³/mol. The van der Waals surface area contributed by atoms with E-state index in [1.807, 2.05) is 45.3 Å². The van der Waals surface area contributed by atoms with E-state index in [1.54, 1.807) is 0 Å². The Labute approximate surface area is 122 Å². The van der Waals surface area contributed by atoms with Gasteiger partial charge < -0.3 is 15.5 Å². The summed E-state index contributed by atoms with van der Waals surface area (Å²) in [6, 6.07) is 7.78. The van der Waals surface area contributed by atoms with Crippen LogP contribution in [0.4, 0.5) is 5.69 Å². The molecular formula is C16H27N3O. The molecule has 112 valence electrons. The fourth-order valence-corrected chi connectivity index (χ4v) is 2.09. The highest BCUT2D eigenvalue weighted by molar-refractivity contribution is 5.99. The lowest BCUT2D eigenvalue weighted by molar-refractivity contribution is 0.0917. The van der Waals surface area contributed by atoms with Gasteiger partial charge in [0.2, 0.25) is 0 Å². The molecule has 1 unspecified atom stereocenters. The number of rotatable bonds is 7. The molecule has 0 aromatic heterocycles. The average molecular weight is 277 g/mol. The summed E-state index contributed by atoms with van der Waals surface area (Å²) in [5.41, 5.74) is 1.60. The van der Waals surface area contributed by atoms with Gasteiger partial charge in [0.1, 0.15) is 0 Å². The maximum Gasteiger partial charge on any atom is 0.253 e. The third kappa shape index (κ3) is 4.85. The number of para-hydroxylation sites is 1. The van der Waals surface area contributed by atoms with E-state index in [-0.39, 0.29) is 11.9 Å². The van der Waals surface area contributed by atoms with Crippen molar-refractivity contribution in [2.24, 2.45) is 5.92 Å². The molecule has 1 aromatic carbocycles. The van der Waals surface area contributed by atoms with Crippen LogP contribution in [0.25, 0.3) is 0 Å². The fourth-order valence-electron chi connectivity index (χ4n) is 2.09. The Morgan fingerprint density at radius 1 is 1.25 bits per heavy atom. The second-order valence-corrected chi connectivity index (χ2v) is 5.66. The molecule has 2 N–H and O–H groups in total. The zero-order valence-electron chi connectivity index (χ0n) is 13.2. The van der Waals surface area contributed by atoms with Crippen LogP contribution in [0, 0.1) is 5.92 Å². The minimum atomic E-state index is -0.0119. The molecule has 1 atom stereocenters. The van der Waals surface area contributed by atoms with Crippen LogP contribution in [0.1, 0.15) is 31.1 Å². The molecule has 4 heteroatoms. The number of anilines is 1. The maximum atomic E-state index is 12.5. The minimum absolute atomic E-state index is 0.0119. The van der Waals surface area contributed by atoms with Crippen LogP contribution >= 0.6 is 0 Å². The summed E-state index contributed by atoms with van der Waals surface area (Å²) in [4.78, 5) is 14.6. The van der Waals surface area contributed by atoms with Gasteiger partial charge in [0.15, 0.2) is 0 Å². The van der Waals surface area contributed by atoms with E-state index in [9.17, 15) is 4.79 Å². The molecule has 1 rings (SSSR count). The third-order valence-electron chi connectivity index (χ3n) is 3.22. The van der Waals surface area contributed by atoms with Crippen LogP contribution < -0.4 is 10.6 Å². The molecule has 0 fully saturated rings. The van der Waals surface area contributed by atoms with Crippen molar-refractivity contribution in [2.45, 2.75) is 26.8 Å². The summed E-state index contributed by atoms with van der Waals surface area (Å²) >= 11 is 0. The Morgan fingerprint density at radius 2 is 1.90 bits per heavy atom. The molecule has 0 aliphatic carbocycles. The molecule has 0 heterocycles. The van der Waals surface area contributed by atoms with Crippen molar-refractivity contribution in [1.82, 2.24) is 10.2 Å². The van der Waals surface area contributed by atoms with E-state index in [0.29, 0.717) is 11.5 Å². The summed E-state index contributed by atoms with van der Waals surface area (Å²) in [5.74, 6) is 0.384. The van der Waals surface area contributed by atoms with Crippen molar-refractivity contribution in [2.75, 3.05) is 32.5 Å². The summed E-state index contributed by atoms with van der Waals surface area (Å²) in [6.45, 7) is 7.93. The lowest BCUT2D eigenvalue weighted by atomic mass is 10.0. The van der Waals surface area contributed by atoms with Gasteiger partial charge in [-0.3, -0.25) is 4.79 Å². The van der Waals surface area contributed by atoms with Crippen molar-refractivity contribution in [3.05, 3.63) is 29.8 Å².